The molecule has 2 aromatic rings. The van der Waals surface area contributed by atoms with Gasteiger partial charge in [-0.2, -0.15) is 0 Å². The van der Waals surface area contributed by atoms with Crippen molar-refractivity contribution in [3.8, 4) is 0 Å². The molecule has 0 saturated heterocycles. The van der Waals surface area contributed by atoms with E-state index in [2.05, 4.69) is 29.0 Å². The van der Waals surface area contributed by atoms with Crippen molar-refractivity contribution in [3.05, 3.63) is 33.2 Å². The number of allylic oxidation sites excluding steroid dienone is 1. The van der Waals surface area contributed by atoms with Gasteiger partial charge in [-0.15, -0.1) is 11.3 Å². The summed E-state index contributed by atoms with van der Waals surface area (Å²) < 4.78 is 0. The van der Waals surface area contributed by atoms with Gasteiger partial charge in [0, 0.05) is 4.88 Å². The van der Waals surface area contributed by atoms with Crippen LogP contribution >= 0.6 is 11.3 Å². The number of nitrogens with one attached hydrogen (secondary N) is 1. The number of nitrogens with zero attached hydrogens (tertiary/aromatic N) is 1. The maximum atomic E-state index is 11.7. The molecule has 0 saturated carbocycles. The number of hydrogen-bond acceptors (Lipinski definition) is 3. The van der Waals surface area contributed by atoms with Crippen LogP contribution in [0.15, 0.2) is 17.2 Å². The molecule has 4 heteroatoms. The van der Waals surface area contributed by atoms with Crippen molar-refractivity contribution in [2.24, 2.45) is 0 Å². The normalized spacial score (nSPS) is 19.4. The van der Waals surface area contributed by atoms with Crippen LogP contribution in [-0.2, 0) is 0 Å². The molecule has 76 valence electrons. The van der Waals surface area contributed by atoms with Gasteiger partial charge < -0.3 is 4.98 Å². The largest absolute Gasteiger partial charge is 0.313 e. The van der Waals surface area contributed by atoms with Crippen LogP contribution in [0, 0.1) is 0 Å². The standard InChI is InChI=1S/C11H10N2OS/c1-6-3-2-4-7-8(6)9-10(14)12-5-13-11(9)15-7/h2,4-6H,3H2,1H3,(H,12,13,14). The van der Waals surface area contributed by atoms with Gasteiger partial charge in [-0.05, 0) is 24.0 Å². The second-order valence-corrected chi connectivity index (χ2v) is 4.86. The van der Waals surface area contributed by atoms with E-state index in [0.29, 0.717) is 5.92 Å². The predicted octanol–water partition coefficient (Wildman–Crippen LogP) is 2.50. The Bertz CT molecular complexity index is 609. The molecule has 0 radical (unpaired) electrons. The number of rotatable bonds is 0. The molecule has 2 heterocycles. The summed E-state index contributed by atoms with van der Waals surface area (Å²) in [6.45, 7) is 2.15. The molecule has 1 atom stereocenters. The molecular formula is C11H10N2OS. The topological polar surface area (TPSA) is 45.8 Å². The quantitative estimate of drug-likeness (QED) is 0.738. The van der Waals surface area contributed by atoms with Crippen LogP contribution in [0.3, 0.4) is 0 Å². The first kappa shape index (κ1) is 8.85. The fourth-order valence-corrected chi connectivity index (χ4v) is 3.29. The molecule has 0 aromatic carbocycles. The first-order chi connectivity index (χ1) is 7.27. The van der Waals surface area contributed by atoms with E-state index in [1.807, 2.05) is 0 Å². The molecule has 1 aliphatic rings. The lowest BCUT2D eigenvalue weighted by Gasteiger charge is -2.13. The van der Waals surface area contributed by atoms with Crippen LogP contribution in [-0.4, -0.2) is 9.97 Å². The van der Waals surface area contributed by atoms with Crippen LogP contribution in [0.25, 0.3) is 16.3 Å². The van der Waals surface area contributed by atoms with Gasteiger partial charge in [-0.3, -0.25) is 4.79 Å². The van der Waals surface area contributed by atoms with Gasteiger partial charge >= 0.3 is 0 Å². The number of hydrogen-bond donors (Lipinski definition) is 1. The summed E-state index contributed by atoms with van der Waals surface area (Å²) in [4.78, 5) is 20.6. The lowest BCUT2D eigenvalue weighted by Crippen LogP contribution is -2.08. The van der Waals surface area contributed by atoms with E-state index in [9.17, 15) is 4.79 Å². The summed E-state index contributed by atoms with van der Waals surface area (Å²) in [5, 5.41) is 0.786. The molecule has 1 aliphatic carbocycles. The maximum Gasteiger partial charge on any atom is 0.259 e. The summed E-state index contributed by atoms with van der Waals surface area (Å²) >= 11 is 1.60. The van der Waals surface area contributed by atoms with Crippen molar-refractivity contribution < 1.29 is 0 Å². The predicted molar refractivity (Wildman–Crippen MR) is 62.3 cm³/mol. The van der Waals surface area contributed by atoms with E-state index in [0.717, 1.165) is 16.6 Å². The Morgan fingerprint density at radius 3 is 3.33 bits per heavy atom. The zero-order chi connectivity index (χ0) is 10.4. The summed E-state index contributed by atoms with van der Waals surface area (Å²) in [6.07, 6.45) is 6.74. The molecule has 0 fully saturated rings. The molecule has 15 heavy (non-hydrogen) atoms. The number of H-pyrrole nitrogens is 1. The minimum absolute atomic E-state index is 0.0142. The summed E-state index contributed by atoms with van der Waals surface area (Å²) in [6, 6.07) is 0. The lowest BCUT2D eigenvalue weighted by atomic mass is 9.92. The minimum atomic E-state index is -0.0142. The van der Waals surface area contributed by atoms with Gasteiger partial charge in [0.15, 0.2) is 0 Å². The second-order valence-electron chi connectivity index (χ2n) is 3.83. The minimum Gasteiger partial charge on any atom is -0.313 e. The fraction of sp³-hybridized carbons (Fsp3) is 0.273. The number of aromatic amines is 1. The average molecular weight is 218 g/mol. The number of fused-ring (bicyclic) bond motifs is 3. The molecule has 0 bridgehead atoms. The third-order valence-corrected chi connectivity index (χ3v) is 3.89. The Morgan fingerprint density at radius 2 is 2.47 bits per heavy atom. The average Bonchev–Trinajstić information content (AvgIpc) is 2.58. The SMILES string of the molecule is CC1CC=Cc2sc3nc[nH]c(=O)c3c21. The zero-order valence-corrected chi connectivity index (χ0v) is 9.10. The maximum absolute atomic E-state index is 11.7. The monoisotopic (exact) mass is 218 g/mol. The lowest BCUT2D eigenvalue weighted by molar-refractivity contribution is 0.782. The van der Waals surface area contributed by atoms with E-state index in [1.165, 1.54) is 16.8 Å². The van der Waals surface area contributed by atoms with E-state index in [4.69, 9.17) is 0 Å². The van der Waals surface area contributed by atoms with Crippen molar-refractivity contribution in [2.75, 3.05) is 0 Å². The number of thiophene rings is 1. The van der Waals surface area contributed by atoms with Crippen LogP contribution in [0.4, 0.5) is 0 Å². The third-order valence-electron chi connectivity index (χ3n) is 2.81. The molecule has 0 aliphatic heterocycles. The highest BCUT2D eigenvalue weighted by molar-refractivity contribution is 7.19. The first-order valence-corrected chi connectivity index (χ1v) is 5.75. The highest BCUT2D eigenvalue weighted by Gasteiger charge is 2.21. The highest BCUT2D eigenvalue weighted by Crippen LogP contribution is 2.38. The van der Waals surface area contributed by atoms with Crippen LogP contribution in [0.5, 0.6) is 0 Å². The summed E-state index contributed by atoms with van der Waals surface area (Å²) in [5.74, 6) is 0.420. The Labute approximate surface area is 90.5 Å². The molecule has 1 unspecified atom stereocenters. The third kappa shape index (κ3) is 1.18. The Hall–Kier alpha value is -1.42. The van der Waals surface area contributed by atoms with E-state index in [1.54, 1.807) is 11.3 Å². The van der Waals surface area contributed by atoms with Gasteiger partial charge in [-0.1, -0.05) is 13.0 Å². The zero-order valence-electron chi connectivity index (χ0n) is 8.28. The van der Waals surface area contributed by atoms with Gasteiger partial charge in [0.25, 0.3) is 5.56 Å². The Kier molecular flexibility index (Phi) is 1.79. The van der Waals surface area contributed by atoms with Crippen LogP contribution < -0.4 is 5.56 Å². The Morgan fingerprint density at radius 1 is 1.60 bits per heavy atom. The van der Waals surface area contributed by atoms with E-state index < -0.39 is 0 Å². The summed E-state index contributed by atoms with van der Waals surface area (Å²) in [7, 11) is 0. The highest BCUT2D eigenvalue weighted by atomic mass is 32.1. The molecule has 3 nitrogen and oxygen atoms in total. The van der Waals surface area contributed by atoms with Gasteiger partial charge in [0.2, 0.25) is 0 Å². The van der Waals surface area contributed by atoms with E-state index >= 15 is 0 Å². The molecule has 3 rings (SSSR count). The van der Waals surface area contributed by atoms with Gasteiger partial charge in [0.1, 0.15) is 4.83 Å². The first-order valence-electron chi connectivity index (χ1n) is 4.94. The van der Waals surface area contributed by atoms with Crippen molar-refractivity contribution in [1.82, 2.24) is 9.97 Å². The van der Waals surface area contributed by atoms with E-state index in [-0.39, 0.29) is 5.56 Å². The number of aromatic nitrogens is 2. The van der Waals surface area contributed by atoms with Crippen molar-refractivity contribution in [1.29, 1.82) is 0 Å². The van der Waals surface area contributed by atoms with Crippen molar-refractivity contribution in [2.45, 2.75) is 19.3 Å². The van der Waals surface area contributed by atoms with Crippen molar-refractivity contribution >= 4 is 27.6 Å². The Balaban J connectivity index is 2.50. The molecule has 0 spiro atoms. The second kappa shape index (κ2) is 3.03. The summed E-state index contributed by atoms with van der Waals surface area (Å²) in [5.41, 5.74) is 1.16. The smallest absolute Gasteiger partial charge is 0.259 e. The molecule has 0 amide bonds. The molecule has 2 aromatic heterocycles. The molecule has 1 N–H and O–H groups in total. The fourth-order valence-electron chi connectivity index (χ4n) is 2.09. The molecular weight excluding hydrogens is 208 g/mol. The van der Waals surface area contributed by atoms with Crippen LogP contribution in [0.1, 0.15) is 29.7 Å². The van der Waals surface area contributed by atoms with Gasteiger partial charge in [0.05, 0.1) is 11.7 Å². The van der Waals surface area contributed by atoms with Gasteiger partial charge in [-0.25, -0.2) is 4.98 Å². The van der Waals surface area contributed by atoms with Crippen molar-refractivity contribution in [3.63, 3.8) is 0 Å². The van der Waals surface area contributed by atoms with Crippen LogP contribution in [0.2, 0.25) is 0 Å².